The molecule has 1 amide bonds. The van der Waals surface area contributed by atoms with Crippen LogP contribution in [0.5, 0.6) is 0 Å². The Morgan fingerprint density at radius 3 is 2.65 bits per heavy atom. The van der Waals surface area contributed by atoms with Gasteiger partial charge in [0.25, 0.3) is 0 Å². The molecule has 0 spiro atoms. The molecule has 1 fully saturated rings. The number of fused-ring (bicyclic) bond motifs is 1. The molecule has 0 radical (unpaired) electrons. The van der Waals surface area contributed by atoms with Crippen LogP contribution in [-0.2, 0) is 4.79 Å². The van der Waals surface area contributed by atoms with Gasteiger partial charge >= 0.3 is 0 Å². The van der Waals surface area contributed by atoms with E-state index in [9.17, 15) is 4.79 Å². The number of carbonyl (C=O) groups excluding carboxylic acids is 1. The van der Waals surface area contributed by atoms with Crippen LogP contribution in [0.15, 0.2) is 12.1 Å². The molecule has 0 aromatic carbocycles. The summed E-state index contributed by atoms with van der Waals surface area (Å²) in [5, 5.41) is 0.565. The lowest BCUT2D eigenvalue weighted by molar-refractivity contribution is -0.136. The Morgan fingerprint density at radius 2 is 2.00 bits per heavy atom. The van der Waals surface area contributed by atoms with Crippen molar-refractivity contribution in [3.63, 3.8) is 0 Å². The summed E-state index contributed by atoms with van der Waals surface area (Å²) in [6.07, 6.45) is 3.81. The second kappa shape index (κ2) is 6.83. The number of likely N-dealkylation sites (tertiary alicyclic amines) is 1. The van der Waals surface area contributed by atoms with Crippen LogP contribution in [0.1, 0.15) is 51.1 Å². The smallest absolute Gasteiger partial charge is 0.225 e. The van der Waals surface area contributed by atoms with Crippen LogP contribution in [0.3, 0.4) is 0 Å². The largest absolute Gasteiger partial charge is 0.375 e. The molecule has 1 aliphatic heterocycles. The summed E-state index contributed by atoms with van der Waals surface area (Å²) in [5.74, 6) is 0.913. The number of rotatable bonds is 4. The number of hydrogen-bond donors (Lipinski definition) is 1. The van der Waals surface area contributed by atoms with Gasteiger partial charge in [-0.3, -0.25) is 4.79 Å². The van der Waals surface area contributed by atoms with Gasteiger partial charge in [0, 0.05) is 30.6 Å². The van der Waals surface area contributed by atoms with Crippen molar-refractivity contribution in [3.05, 3.63) is 17.8 Å². The van der Waals surface area contributed by atoms with Gasteiger partial charge in [-0.05, 0) is 37.8 Å². The number of nitrogens with zero attached hydrogens (tertiary/aromatic N) is 3. The van der Waals surface area contributed by atoms with Crippen molar-refractivity contribution in [2.45, 2.75) is 45.4 Å². The summed E-state index contributed by atoms with van der Waals surface area (Å²) in [5.41, 5.74) is 7.58. The van der Waals surface area contributed by atoms with Gasteiger partial charge < -0.3 is 10.6 Å². The molecule has 1 aliphatic rings. The molecule has 5 nitrogen and oxygen atoms in total. The van der Waals surface area contributed by atoms with Gasteiger partial charge in [-0.25, -0.2) is 9.97 Å². The van der Waals surface area contributed by atoms with Crippen LogP contribution >= 0.6 is 11.3 Å². The van der Waals surface area contributed by atoms with Crippen LogP contribution < -0.4 is 5.73 Å². The van der Waals surface area contributed by atoms with Crippen molar-refractivity contribution in [1.82, 2.24) is 14.9 Å². The molecule has 0 aliphatic carbocycles. The zero-order valence-corrected chi connectivity index (χ0v) is 14.6. The van der Waals surface area contributed by atoms with E-state index in [1.807, 2.05) is 4.90 Å². The highest BCUT2D eigenvalue weighted by Crippen LogP contribution is 2.30. The Hall–Kier alpha value is -1.69. The summed E-state index contributed by atoms with van der Waals surface area (Å²) in [7, 11) is 0. The van der Waals surface area contributed by atoms with Gasteiger partial charge in [0.1, 0.15) is 0 Å². The molecule has 2 aromatic heterocycles. The standard InChI is InChI=1S/C17H24N4OS/c1-3-11(4-2)16(22)21-9-7-12(8-10-21)13-5-6-14-15(19-13)20-17(18)23-14/h5-6,11-12H,3-4,7-10H2,1-2H3,(H2,18,19,20). The summed E-state index contributed by atoms with van der Waals surface area (Å²) in [6.45, 7) is 5.85. The molecule has 1 saturated heterocycles. The van der Waals surface area contributed by atoms with Crippen LogP contribution in [0, 0.1) is 5.92 Å². The first-order valence-electron chi connectivity index (χ1n) is 8.44. The van der Waals surface area contributed by atoms with Crippen molar-refractivity contribution in [1.29, 1.82) is 0 Å². The number of carbonyl (C=O) groups is 1. The lowest BCUT2D eigenvalue weighted by atomic mass is 9.91. The monoisotopic (exact) mass is 332 g/mol. The third kappa shape index (κ3) is 3.32. The first kappa shape index (κ1) is 16.2. The maximum Gasteiger partial charge on any atom is 0.225 e. The van der Waals surface area contributed by atoms with Crippen molar-refractivity contribution in [2.24, 2.45) is 5.92 Å². The van der Waals surface area contributed by atoms with E-state index in [0.29, 0.717) is 17.0 Å². The zero-order chi connectivity index (χ0) is 16.4. The fourth-order valence-corrected chi connectivity index (χ4v) is 4.05. The van der Waals surface area contributed by atoms with Gasteiger partial charge in [-0.2, -0.15) is 0 Å². The number of aromatic nitrogens is 2. The minimum absolute atomic E-state index is 0.180. The molecule has 0 bridgehead atoms. The molecular formula is C17H24N4OS. The third-order valence-corrected chi connectivity index (χ3v) is 5.69. The maximum absolute atomic E-state index is 12.5. The molecule has 3 heterocycles. The number of piperidine rings is 1. The first-order chi connectivity index (χ1) is 11.1. The minimum Gasteiger partial charge on any atom is -0.375 e. The van der Waals surface area contributed by atoms with Crippen LogP contribution in [0.2, 0.25) is 0 Å². The van der Waals surface area contributed by atoms with Gasteiger partial charge in [0.2, 0.25) is 5.91 Å². The lowest BCUT2D eigenvalue weighted by Crippen LogP contribution is -2.41. The quantitative estimate of drug-likeness (QED) is 0.931. The maximum atomic E-state index is 12.5. The minimum atomic E-state index is 0.180. The SMILES string of the molecule is CCC(CC)C(=O)N1CCC(c2ccc3sc(N)nc3n2)CC1. The molecule has 6 heteroatoms. The van der Waals surface area contributed by atoms with Crippen LogP contribution in [0.4, 0.5) is 5.13 Å². The summed E-state index contributed by atoms with van der Waals surface area (Å²) in [6, 6.07) is 4.15. The number of anilines is 1. The molecular weight excluding hydrogens is 308 g/mol. The highest BCUT2D eigenvalue weighted by atomic mass is 32.1. The Labute approximate surface area is 140 Å². The number of thiazole rings is 1. The van der Waals surface area contributed by atoms with E-state index in [4.69, 9.17) is 5.73 Å². The fourth-order valence-electron chi connectivity index (χ4n) is 3.37. The van der Waals surface area contributed by atoms with E-state index in [0.717, 1.165) is 54.8 Å². The second-order valence-corrected chi connectivity index (χ2v) is 7.29. The number of nitrogen functional groups attached to an aromatic ring is 1. The Kier molecular flexibility index (Phi) is 4.80. The van der Waals surface area contributed by atoms with Crippen molar-refractivity contribution < 1.29 is 4.79 Å². The number of nitrogens with two attached hydrogens (primary N) is 1. The predicted octanol–water partition coefficient (Wildman–Crippen LogP) is 3.42. The van der Waals surface area contributed by atoms with E-state index in [-0.39, 0.29) is 5.92 Å². The van der Waals surface area contributed by atoms with Gasteiger partial charge in [-0.15, -0.1) is 0 Å². The highest BCUT2D eigenvalue weighted by Gasteiger charge is 2.27. The average Bonchev–Trinajstić information content (AvgIpc) is 2.95. The van der Waals surface area contributed by atoms with E-state index in [1.165, 1.54) is 11.3 Å². The summed E-state index contributed by atoms with van der Waals surface area (Å²) < 4.78 is 1.03. The summed E-state index contributed by atoms with van der Waals surface area (Å²) >= 11 is 1.47. The van der Waals surface area contributed by atoms with Crippen molar-refractivity contribution in [3.8, 4) is 0 Å². The molecule has 0 unspecified atom stereocenters. The summed E-state index contributed by atoms with van der Waals surface area (Å²) in [4.78, 5) is 23.5. The van der Waals surface area contributed by atoms with Crippen LogP contribution in [-0.4, -0.2) is 33.9 Å². The molecule has 0 saturated carbocycles. The third-order valence-electron chi connectivity index (χ3n) is 4.85. The fraction of sp³-hybridized carbons (Fsp3) is 0.588. The Morgan fingerprint density at radius 1 is 1.30 bits per heavy atom. The van der Waals surface area contributed by atoms with E-state index in [2.05, 4.69) is 35.9 Å². The van der Waals surface area contributed by atoms with Gasteiger partial charge in [0.15, 0.2) is 10.8 Å². The molecule has 3 rings (SSSR count). The molecule has 0 atom stereocenters. The molecule has 124 valence electrons. The van der Waals surface area contributed by atoms with Crippen molar-refractivity contribution in [2.75, 3.05) is 18.8 Å². The first-order valence-corrected chi connectivity index (χ1v) is 9.25. The lowest BCUT2D eigenvalue weighted by Gasteiger charge is -2.33. The van der Waals surface area contributed by atoms with Crippen molar-refractivity contribution >= 4 is 32.7 Å². The van der Waals surface area contributed by atoms with E-state index in [1.54, 1.807) is 0 Å². The Balaban J connectivity index is 1.66. The van der Waals surface area contributed by atoms with E-state index < -0.39 is 0 Å². The van der Waals surface area contributed by atoms with Crippen LogP contribution in [0.25, 0.3) is 10.3 Å². The second-order valence-electron chi connectivity index (χ2n) is 6.22. The average molecular weight is 332 g/mol. The molecule has 2 N–H and O–H groups in total. The predicted molar refractivity (Wildman–Crippen MR) is 94.5 cm³/mol. The molecule has 23 heavy (non-hydrogen) atoms. The normalized spacial score (nSPS) is 16.4. The number of amides is 1. The van der Waals surface area contributed by atoms with Gasteiger partial charge in [-0.1, -0.05) is 25.2 Å². The number of pyridine rings is 1. The molecule has 2 aromatic rings. The highest BCUT2D eigenvalue weighted by molar-refractivity contribution is 7.21. The number of hydrogen-bond acceptors (Lipinski definition) is 5. The van der Waals surface area contributed by atoms with E-state index >= 15 is 0 Å². The zero-order valence-electron chi connectivity index (χ0n) is 13.8. The van der Waals surface area contributed by atoms with Gasteiger partial charge in [0.05, 0.1) is 4.70 Å². The Bertz CT molecular complexity index is 687. The topological polar surface area (TPSA) is 72.1 Å².